The summed E-state index contributed by atoms with van der Waals surface area (Å²) in [5.74, 6) is 0.651. The molecule has 0 aromatic heterocycles. The van der Waals surface area contributed by atoms with Gasteiger partial charge in [-0.15, -0.1) is 0 Å². The van der Waals surface area contributed by atoms with Gasteiger partial charge in [-0.3, -0.25) is 9.59 Å². The Hall–Kier alpha value is -2.32. The molecule has 3 rings (SSSR count). The molecule has 1 N–H and O–H groups in total. The summed E-state index contributed by atoms with van der Waals surface area (Å²) in [4.78, 5) is 26.8. The minimum atomic E-state index is -0.819. The highest BCUT2D eigenvalue weighted by Gasteiger charge is 2.51. The van der Waals surface area contributed by atoms with Gasteiger partial charge < -0.3 is 29.2 Å². The Bertz CT molecular complexity index is 718. The molecular weight excluding hydrogens is 352 g/mol. The quantitative estimate of drug-likeness (QED) is 0.759. The van der Waals surface area contributed by atoms with Crippen molar-refractivity contribution in [3.8, 4) is 11.5 Å². The molecule has 1 aromatic rings. The number of amides is 2. The lowest BCUT2D eigenvalue weighted by Gasteiger charge is -2.37. The molecule has 1 saturated heterocycles. The maximum absolute atomic E-state index is 13.2. The van der Waals surface area contributed by atoms with Gasteiger partial charge in [0.1, 0.15) is 6.61 Å². The number of likely N-dealkylation sites (N-methyl/N-ethyl adjacent to an activating group) is 1. The Morgan fingerprint density at radius 1 is 1.26 bits per heavy atom. The van der Waals surface area contributed by atoms with E-state index in [1.54, 1.807) is 44.4 Å². The molecular formula is C19H26N2O6. The first-order valence-corrected chi connectivity index (χ1v) is 8.85. The number of carbonyl (C=O) groups excluding carboxylic acids is 2. The molecule has 2 atom stereocenters. The predicted molar refractivity (Wildman–Crippen MR) is 96.8 cm³/mol. The zero-order valence-electron chi connectivity index (χ0n) is 16.1. The second kappa shape index (κ2) is 7.74. The second-order valence-electron chi connectivity index (χ2n) is 6.95. The van der Waals surface area contributed by atoms with Crippen LogP contribution in [0.4, 0.5) is 0 Å². The van der Waals surface area contributed by atoms with E-state index in [1.165, 1.54) is 7.11 Å². The van der Waals surface area contributed by atoms with Gasteiger partial charge in [-0.25, -0.2) is 0 Å². The highest BCUT2D eigenvalue weighted by molar-refractivity contribution is 5.87. The van der Waals surface area contributed by atoms with Crippen molar-refractivity contribution >= 4 is 11.8 Å². The standard InChI is InChI=1S/C19H26N2O6/c1-21(19(7-8-19)11-24-2)18(23)17-16(20-15(22)10-27-17)12-5-6-13(25-3)14(9-12)26-4/h5-6,9,16-17H,7-8,10-11H2,1-4H3,(H,20,22)/t16-,17+/m1/s1. The largest absolute Gasteiger partial charge is 0.493 e. The van der Waals surface area contributed by atoms with E-state index in [1.807, 2.05) is 0 Å². The number of benzene rings is 1. The zero-order valence-corrected chi connectivity index (χ0v) is 16.1. The Labute approximate surface area is 158 Å². The summed E-state index contributed by atoms with van der Waals surface area (Å²) in [5.41, 5.74) is 0.433. The Kier molecular flexibility index (Phi) is 5.57. The van der Waals surface area contributed by atoms with Crippen LogP contribution in [0.3, 0.4) is 0 Å². The summed E-state index contributed by atoms with van der Waals surface area (Å²) in [6, 6.07) is 4.68. The number of hydrogen-bond acceptors (Lipinski definition) is 6. The molecule has 1 heterocycles. The van der Waals surface area contributed by atoms with Crippen LogP contribution >= 0.6 is 0 Å². The van der Waals surface area contributed by atoms with Crippen molar-refractivity contribution in [2.75, 3.05) is 41.6 Å². The second-order valence-corrected chi connectivity index (χ2v) is 6.95. The predicted octanol–water partition coefficient (Wildman–Crippen LogP) is 0.897. The number of hydrogen-bond donors (Lipinski definition) is 1. The number of methoxy groups -OCH3 is 3. The van der Waals surface area contributed by atoms with Crippen LogP contribution in [0.15, 0.2) is 18.2 Å². The lowest BCUT2D eigenvalue weighted by Crippen LogP contribution is -2.55. The first kappa shape index (κ1) is 19.4. The van der Waals surface area contributed by atoms with Gasteiger partial charge in [0, 0.05) is 14.2 Å². The minimum absolute atomic E-state index is 0.148. The molecule has 27 heavy (non-hydrogen) atoms. The van der Waals surface area contributed by atoms with Crippen LogP contribution in [0.2, 0.25) is 0 Å². The first-order chi connectivity index (χ1) is 13.0. The monoisotopic (exact) mass is 378 g/mol. The fourth-order valence-electron chi connectivity index (χ4n) is 3.48. The van der Waals surface area contributed by atoms with Crippen molar-refractivity contribution in [1.82, 2.24) is 10.2 Å². The molecule has 1 aliphatic heterocycles. The summed E-state index contributed by atoms with van der Waals surface area (Å²) in [6.45, 7) is 0.334. The van der Waals surface area contributed by atoms with Crippen molar-refractivity contribution < 1.29 is 28.5 Å². The van der Waals surface area contributed by atoms with Crippen LogP contribution in [0.1, 0.15) is 24.4 Å². The smallest absolute Gasteiger partial charge is 0.254 e. The number of rotatable bonds is 7. The summed E-state index contributed by atoms with van der Waals surface area (Å²) in [7, 11) is 6.48. The molecule has 0 spiro atoms. The van der Waals surface area contributed by atoms with Crippen LogP contribution in [0.25, 0.3) is 0 Å². The Morgan fingerprint density at radius 2 is 1.96 bits per heavy atom. The Balaban J connectivity index is 1.87. The molecule has 1 aliphatic carbocycles. The highest BCUT2D eigenvalue weighted by Crippen LogP contribution is 2.42. The van der Waals surface area contributed by atoms with Gasteiger partial charge >= 0.3 is 0 Å². The van der Waals surface area contributed by atoms with Crippen molar-refractivity contribution in [2.45, 2.75) is 30.5 Å². The lowest BCUT2D eigenvalue weighted by molar-refractivity contribution is -0.157. The molecule has 2 aliphatic rings. The van der Waals surface area contributed by atoms with Crippen LogP contribution < -0.4 is 14.8 Å². The summed E-state index contributed by atoms with van der Waals surface area (Å²) < 4.78 is 21.5. The molecule has 0 radical (unpaired) electrons. The van der Waals surface area contributed by atoms with Crippen molar-refractivity contribution in [3.05, 3.63) is 23.8 Å². The summed E-state index contributed by atoms with van der Waals surface area (Å²) in [6.07, 6.45) is 0.965. The molecule has 2 fully saturated rings. The molecule has 2 amide bonds. The molecule has 8 heteroatoms. The third kappa shape index (κ3) is 3.72. The van der Waals surface area contributed by atoms with Gasteiger partial charge in [0.2, 0.25) is 5.91 Å². The first-order valence-electron chi connectivity index (χ1n) is 8.85. The van der Waals surface area contributed by atoms with Crippen LogP contribution in [0.5, 0.6) is 11.5 Å². The normalized spacial score (nSPS) is 23.3. The maximum Gasteiger partial charge on any atom is 0.254 e. The molecule has 0 bridgehead atoms. The number of morpholine rings is 1. The lowest BCUT2D eigenvalue weighted by atomic mass is 9.97. The van der Waals surface area contributed by atoms with E-state index < -0.39 is 12.1 Å². The molecule has 8 nitrogen and oxygen atoms in total. The van der Waals surface area contributed by atoms with Gasteiger partial charge in [0.05, 0.1) is 32.4 Å². The highest BCUT2D eigenvalue weighted by atomic mass is 16.5. The Morgan fingerprint density at radius 3 is 2.56 bits per heavy atom. The van der Waals surface area contributed by atoms with Gasteiger partial charge in [-0.1, -0.05) is 6.07 Å². The van der Waals surface area contributed by atoms with E-state index in [0.717, 1.165) is 12.8 Å². The average molecular weight is 378 g/mol. The minimum Gasteiger partial charge on any atom is -0.493 e. The van der Waals surface area contributed by atoms with E-state index in [9.17, 15) is 9.59 Å². The van der Waals surface area contributed by atoms with Crippen LogP contribution in [0, 0.1) is 0 Å². The third-order valence-electron chi connectivity index (χ3n) is 5.31. The van der Waals surface area contributed by atoms with Crippen molar-refractivity contribution in [2.24, 2.45) is 0 Å². The fourth-order valence-corrected chi connectivity index (χ4v) is 3.48. The van der Waals surface area contributed by atoms with E-state index in [2.05, 4.69) is 5.32 Å². The van der Waals surface area contributed by atoms with E-state index in [-0.39, 0.29) is 24.0 Å². The SMILES string of the molecule is COCC1(N(C)C(=O)[C@H]2OCC(=O)N[C@@H]2c2ccc(OC)c(OC)c2)CC1. The van der Waals surface area contributed by atoms with Gasteiger partial charge in [0.25, 0.3) is 5.91 Å². The number of ether oxygens (including phenoxy) is 4. The van der Waals surface area contributed by atoms with Crippen molar-refractivity contribution in [1.29, 1.82) is 0 Å². The van der Waals surface area contributed by atoms with E-state index in [0.29, 0.717) is 23.7 Å². The molecule has 148 valence electrons. The number of nitrogens with zero attached hydrogens (tertiary/aromatic N) is 1. The number of nitrogens with one attached hydrogen (secondary N) is 1. The number of carbonyl (C=O) groups is 2. The topological polar surface area (TPSA) is 86.3 Å². The third-order valence-corrected chi connectivity index (χ3v) is 5.31. The summed E-state index contributed by atoms with van der Waals surface area (Å²) in [5, 5.41) is 2.87. The van der Waals surface area contributed by atoms with E-state index in [4.69, 9.17) is 18.9 Å². The van der Waals surface area contributed by atoms with Gasteiger partial charge in [-0.2, -0.15) is 0 Å². The van der Waals surface area contributed by atoms with Gasteiger partial charge in [-0.05, 0) is 30.5 Å². The van der Waals surface area contributed by atoms with Gasteiger partial charge in [0.15, 0.2) is 17.6 Å². The molecule has 1 saturated carbocycles. The van der Waals surface area contributed by atoms with Crippen LogP contribution in [-0.2, 0) is 19.1 Å². The zero-order chi connectivity index (χ0) is 19.6. The molecule has 0 unspecified atom stereocenters. The van der Waals surface area contributed by atoms with Crippen molar-refractivity contribution in [3.63, 3.8) is 0 Å². The maximum atomic E-state index is 13.2. The average Bonchev–Trinajstić information content (AvgIpc) is 3.47. The fraction of sp³-hybridized carbons (Fsp3) is 0.579. The summed E-state index contributed by atoms with van der Waals surface area (Å²) >= 11 is 0. The molecule has 1 aromatic carbocycles. The van der Waals surface area contributed by atoms with Crippen LogP contribution in [-0.4, -0.2) is 69.9 Å². The van der Waals surface area contributed by atoms with E-state index >= 15 is 0 Å².